The molecule has 2 aromatic rings. The zero-order chi connectivity index (χ0) is 14.3. The van der Waals surface area contributed by atoms with Crippen molar-refractivity contribution < 1.29 is 9.53 Å². The molecule has 0 saturated carbocycles. The first-order chi connectivity index (χ1) is 8.88. The molecule has 0 fully saturated rings. The highest BCUT2D eigenvalue weighted by Crippen LogP contribution is 2.29. The molecular formula is C15H18N2O2. The minimum atomic E-state index is -0.500. The smallest absolute Gasteiger partial charge is 0.376 e. The molecule has 0 aliphatic rings. The maximum absolute atomic E-state index is 11.6. The van der Waals surface area contributed by atoms with E-state index in [0.29, 0.717) is 0 Å². The molecule has 100 valence electrons. The van der Waals surface area contributed by atoms with Gasteiger partial charge in [-0.25, -0.2) is 14.8 Å². The van der Waals surface area contributed by atoms with Gasteiger partial charge in [-0.1, -0.05) is 0 Å². The number of fused-ring (bicyclic) bond motifs is 1. The Morgan fingerprint density at radius 3 is 2.05 bits per heavy atom. The van der Waals surface area contributed by atoms with E-state index < -0.39 is 5.97 Å². The number of esters is 1. The molecule has 0 aliphatic heterocycles. The lowest BCUT2D eigenvalue weighted by atomic mass is 9.94. The molecule has 0 atom stereocenters. The van der Waals surface area contributed by atoms with E-state index in [4.69, 9.17) is 4.74 Å². The molecule has 1 aromatic carbocycles. The van der Waals surface area contributed by atoms with Crippen molar-refractivity contribution in [1.29, 1.82) is 0 Å². The van der Waals surface area contributed by atoms with Crippen LogP contribution >= 0.6 is 0 Å². The molecule has 0 aliphatic carbocycles. The van der Waals surface area contributed by atoms with Crippen LogP contribution in [-0.4, -0.2) is 23.0 Å². The number of carbonyl (C=O) groups is 1. The van der Waals surface area contributed by atoms with Crippen molar-refractivity contribution in [2.24, 2.45) is 0 Å². The SMILES string of the molecule is COC(=O)c1nc(C)c2c(C)c(C)c(C)c(C)c2n1. The average molecular weight is 258 g/mol. The van der Waals surface area contributed by atoms with Crippen LogP contribution in [0.4, 0.5) is 0 Å². The molecular weight excluding hydrogens is 240 g/mol. The zero-order valence-electron chi connectivity index (χ0n) is 12.2. The van der Waals surface area contributed by atoms with Crippen LogP contribution in [0.2, 0.25) is 0 Å². The number of hydrogen-bond acceptors (Lipinski definition) is 4. The molecule has 1 heterocycles. The van der Waals surface area contributed by atoms with E-state index in [1.807, 2.05) is 13.8 Å². The molecule has 1 aromatic heterocycles. The summed E-state index contributed by atoms with van der Waals surface area (Å²) in [5.74, 6) is -0.376. The van der Waals surface area contributed by atoms with Gasteiger partial charge in [-0.2, -0.15) is 0 Å². The number of nitrogens with zero attached hydrogens (tertiary/aromatic N) is 2. The first kappa shape index (κ1) is 13.5. The van der Waals surface area contributed by atoms with Crippen molar-refractivity contribution in [1.82, 2.24) is 9.97 Å². The van der Waals surface area contributed by atoms with Crippen LogP contribution in [0.1, 0.15) is 38.6 Å². The van der Waals surface area contributed by atoms with Crippen LogP contribution in [0.15, 0.2) is 0 Å². The summed E-state index contributed by atoms with van der Waals surface area (Å²) >= 11 is 0. The summed E-state index contributed by atoms with van der Waals surface area (Å²) < 4.78 is 4.70. The average Bonchev–Trinajstić information content (AvgIpc) is 2.40. The Morgan fingerprint density at radius 1 is 0.895 bits per heavy atom. The van der Waals surface area contributed by atoms with Crippen LogP contribution in [0, 0.1) is 34.6 Å². The predicted molar refractivity (Wildman–Crippen MR) is 74.6 cm³/mol. The molecule has 0 saturated heterocycles. The lowest BCUT2D eigenvalue weighted by molar-refractivity contribution is 0.0587. The Hall–Kier alpha value is -1.97. The highest BCUT2D eigenvalue weighted by Gasteiger charge is 2.17. The summed E-state index contributed by atoms with van der Waals surface area (Å²) in [7, 11) is 1.34. The maximum Gasteiger partial charge on any atom is 0.376 e. The van der Waals surface area contributed by atoms with Crippen molar-refractivity contribution in [2.45, 2.75) is 34.6 Å². The number of methoxy groups -OCH3 is 1. The number of ether oxygens (including phenoxy) is 1. The Kier molecular flexibility index (Phi) is 3.27. The molecule has 0 N–H and O–H groups in total. The van der Waals surface area contributed by atoms with Crippen LogP contribution in [0.5, 0.6) is 0 Å². The number of aryl methyl sites for hydroxylation is 3. The molecule has 2 rings (SSSR count). The minimum absolute atomic E-state index is 0.123. The highest BCUT2D eigenvalue weighted by atomic mass is 16.5. The van der Waals surface area contributed by atoms with Crippen molar-refractivity contribution in [3.8, 4) is 0 Å². The second-order valence-corrected chi connectivity index (χ2v) is 4.85. The van der Waals surface area contributed by atoms with Crippen molar-refractivity contribution >= 4 is 16.9 Å². The van der Waals surface area contributed by atoms with Gasteiger partial charge >= 0.3 is 5.97 Å². The van der Waals surface area contributed by atoms with Crippen molar-refractivity contribution in [3.63, 3.8) is 0 Å². The summed E-state index contributed by atoms with van der Waals surface area (Å²) in [5.41, 5.74) is 6.38. The Labute approximate surface area is 112 Å². The van der Waals surface area contributed by atoms with E-state index in [1.165, 1.54) is 23.8 Å². The fourth-order valence-electron chi connectivity index (χ4n) is 2.40. The molecule has 0 unspecified atom stereocenters. The molecule has 0 amide bonds. The first-order valence-electron chi connectivity index (χ1n) is 6.21. The van der Waals surface area contributed by atoms with E-state index in [0.717, 1.165) is 22.2 Å². The number of hydrogen-bond donors (Lipinski definition) is 0. The number of benzene rings is 1. The highest BCUT2D eigenvalue weighted by molar-refractivity contribution is 5.93. The van der Waals surface area contributed by atoms with Gasteiger partial charge in [0.1, 0.15) is 0 Å². The Bertz CT molecular complexity index is 691. The zero-order valence-corrected chi connectivity index (χ0v) is 12.2. The second kappa shape index (κ2) is 4.61. The summed E-state index contributed by atoms with van der Waals surface area (Å²) in [6.07, 6.45) is 0. The van der Waals surface area contributed by atoms with E-state index in [-0.39, 0.29) is 5.82 Å². The molecule has 4 nitrogen and oxygen atoms in total. The molecule has 0 radical (unpaired) electrons. The fourth-order valence-corrected chi connectivity index (χ4v) is 2.40. The quantitative estimate of drug-likeness (QED) is 0.738. The normalized spacial score (nSPS) is 10.8. The lowest BCUT2D eigenvalue weighted by Gasteiger charge is -2.15. The van der Waals surface area contributed by atoms with E-state index in [2.05, 4.69) is 30.7 Å². The number of carbonyl (C=O) groups excluding carboxylic acids is 1. The summed E-state index contributed by atoms with van der Waals surface area (Å²) in [5, 5.41) is 1.04. The van der Waals surface area contributed by atoms with Gasteiger partial charge in [0.15, 0.2) is 0 Å². The van der Waals surface area contributed by atoms with Crippen molar-refractivity contribution in [3.05, 3.63) is 33.8 Å². The second-order valence-electron chi connectivity index (χ2n) is 4.85. The van der Waals surface area contributed by atoms with Gasteiger partial charge in [0.2, 0.25) is 5.82 Å². The monoisotopic (exact) mass is 258 g/mol. The maximum atomic E-state index is 11.6. The third kappa shape index (κ3) is 1.97. The van der Waals surface area contributed by atoms with Gasteiger partial charge < -0.3 is 4.74 Å². The van der Waals surface area contributed by atoms with Gasteiger partial charge in [-0.3, -0.25) is 0 Å². The van der Waals surface area contributed by atoms with Gasteiger partial charge in [0.05, 0.1) is 12.6 Å². The standard InChI is InChI=1S/C15H18N2O2/c1-7-8(2)10(4)13-12(9(7)3)11(5)16-14(17-13)15(18)19-6/h1-6H3. The predicted octanol–water partition coefficient (Wildman–Crippen LogP) is 2.96. The van der Waals surface area contributed by atoms with Crippen LogP contribution < -0.4 is 0 Å². The van der Waals surface area contributed by atoms with Crippen molar-refractivity contribution in [2.75, 3.05) is 7.11 Å². The van der Waals surface area contributed by atoms with E-state index in [9.17, 15) is 4.79 Å². The number of aromatic nitrogens is 2. The van der Waals surface area contributed by atoms with Crippen LogP contribution in [-0.2, 0) is 4.74 Å². The number of rotatable bonds is 1. The van der Waals surface area contributed by atoms with E-state index >= 15 is 0 Å². The summed E-state index contributed by atoms with van der Waals surface area (Å²) in [6, 6.07) is 0. The molecule has 19 heavy (non-hydrogen) atoms. The topological polar surface area (TPSA) is 52.1 Å². The van der Waals surface area contributed by atoms with Gasteiger partial charge in [0, 0.05) is 11.1 Å². The summed E-state index contributed by atoms with van der Waals surface area (Å²) in [6.45, 7) is 10.2. The molecule has 4 heteroatoms. The minimum Gasteiger partial charge on any atom is -0.463 e. The first-order valence-corrected chi connectivity index (χ1v) is 6.21. The van der Waals surface area contributed by atoms with Gasteiger partial charge in [-0.15, -0.1) is 0 Å². The van der Waals surface area contributed by atoms with Gasteiger partial charge in [-0.05, 0) is 56.9 Å². The largest absolute Gasteiger partial charge is 0.463 e. The molecule has 0 spiro atoms. The van der Waals surface area contributed by atoms with E-state index in [1.54, 1.807) is 0 Å². The third-order valence-corrected chi connectivity index (χ3v) is 3.88. The van der Waals surface area contributed by atoms with Crippen LogP contribution in [0.25, 0.3) is 10.9 Å². The van der Waals surface area contributed by atoms with Crippen LogP contribution in [0.3, 0.4) is 0 Å². The third-order valence-electron chi connectivity index (χ3n) is 3.88. The fraction of sp³-hybridized carbons (Fsp3) is 0.400. The Morgan fingerprint density at radius 2 is 1.47 bits per heavy atom. The lowest BCUT2D eigenvalue weighted by Crippen LogP contribution is -2.10. The molecule has 0 bridgehead atoms. The van der Waals surface area contributed by atoms with Gasteiger partial charge in [0.25, 0.3) is 0 Å². The summed E-state index contributed by atoms with van der Waals surface area (Å²) in [4.78, 5) is 20.3. The Balaban J connectivity index is 2.93.